The van der Waals surface area contributed by atoms with Crippen LogP contribution in [-0.2, 0) is 11.3 Å². The highest BCUT2D eigenvalue weighted by molar-refractivity contribution is 8.00. The maximum atomic E-state index is 12.7. The van der Waals surface area contributed by atoms with Crippen molar-refractivity contribution in [3.05, 3.63) is 72.1 Å². The minimum absolute atomic E-state index is 0.0678. The topological polar surface area (TPSA) is 51.0 Å². The molecule has 1 unspecified atom stereocenters. The average molecular weight is 366 g/mol. The van der Waals surface area contributed by atoms with Gasteiger partial charge in [0.2, 0.25) is 5.91 Å². The SMILES string of the molecule is Cc1ccccc1-n1cnnc1SC(C)C(=O)N(C)Cc1ccccc1. The molecule has 0 radical (unpaired) electrons. The molecule has 0 saturated heterocycles. The Labute approximate surface area is 158 Å². The summed E-state index contributed by atoms with van der Waals surface area (Å²) in [6, 6.07) is 18.0. The van der Waals surface area contributed by atoms with Gasteiger partial charge >= 0.3 is 0 Å². The van der Waals surface area contributed by atoms with Gasteiger partial charge in [0.05, 0.1) is 10.9 Å². The Kier molecular flexibility index (Phi) is 5.73. The molecule has 1 atom stereocenters. The van der Waals surface area contributed by atoms with Crippen molar-refractivity contribution < 1.29 is 4.79 Å². The first kappa shape index (κ1) is 18.2. The molecule has 0 saturated carbocycles. The molecule has 0 fully saturated rings. The number of hydrogen-bond donors (Lipinski definition) is 0. The zero-order chi connectivity index (χ0) is 18.5. The second-order valence-electron chi connectivity index (χ2n) is 6.21. The van der Waals surface area contributed by atoms with Crippen LogP contribution in [0.2, 0.25) is 0 Å². The van der Waals surface area contributed by atoms with Gasteiger partial charge in [0.1, 0.15) is 6.33 Å². The van der Waals surface area contributed by atoms with Crippen LogP contribution in [0.5, 0.6) is 0 Å². The minimum Gasteiger partial charge on any atom is -0.340 e. The second kappa shape index (κ2) is 8.19. The number of benzene rings is 2. The monoisotopic (exact) mass is 366 g/mol. The zero-order valence-corrected chi connectivity index (χ0v) is 16.0. The van der Waals surface area contributed by atoms with Crippen LogP contribution in [0.25, 0.3) is 5.69 Å². The van der Waals surface area contributed by atoms with Crippen molar-refractivity contribution in [2.75, 3.05) is 7.05 Å². The van der Waals surface area contributed by atoms with Crippen molar-refractivity contribution >= 4 is 17.7 Å². The van der Waals surface area contributed by atoms with Crippen molar-refractivity contribution in [3.63, 3.8) is 0 Å². The number of rotatable bonds is 6. The molecule has 0 aliphatic carbocycles. The number of para-hydroxylation sites is 1. The van der Waals surface area contributed by atoms with Gasteiger partial charge in [-0.1, -0.05) is 60.3 Å². The Bertz CT molecular complexity index is 878. The highest BCUT2D eigenvalue weighted by atomic mass is 32.2. The molecule has 0 aliphatic rings. The summed E-state index contributed by atoms with van der Waals surface area (Å²) in [4.78, 5) is 14.5. The van der Waals surface area contributed by atoms with E-state index in [-0.39, 0.29) is 11.2 Å². The smallest absolute Gasteiger partial charge is 0.235 e. The van der Waals surface area contributed by atoms with Crippen LogP contribution < -0.4 is 0 Å². The maximum Gasteiger partial charge on any atom is 0.235 e. The molecule has 1 heterocycles. The summed E-state index contributed by atoms with van der Waals surface area (Å²) < 4.78 is 1.93. The summed E-state index contributed by atoms with van der Waals surface area (Å²) >= 11 is 1.43. The lowest BCUT2D eigenvalue weighted by Crippen LogP contribution is -2.32. The van der Waals surface area contributed by atoms with Crippen LogP contribution in [0.4, 0.5) is 0 Å². The summed E-state index contributed by atoms with van der Waals surface area (Å²) in [5, 5.41) is 8.70. The largest absolute Gasteiger partial charge is 0.340 e. The molecule has 0 N–H and O–H groups in total. The molecule has 0 spiro atoms. The summed E-state index contributed by atoms with van der Waals surface area (Å²) in [6.45, 7) is 4.55. The molecule has 3 aromatic rings. The lowest BCUT2D eigenvalue weighted by molar-refractivity contribution is -0.129. The standard InChI is InChI=1S/C20H22N4OS/c1-15-9-7-8-12-18(15)24-14-21-22-20(24)26-16(2)19(25)23(3)13-17-10-5-4-6-11-17/h4-12,14,16H,13H2,1-3H3. The molecule has 3 rings (SSSR count). The first-order chi connectivity index (χ1) is 12.6. The van der Waals surface area contributed by atoms with E-state index in [9.17, 15) is 4.79 Å². The Morgan fingerprint density at radius 3 is 2.58 bits per heavy atom. The van der Waals surface area contributed by atoms with Gasteiger partial charge in [-0.3, -0.25) is 9.36 Å². The van der Waals surface area contributed by atoms with Crippen LogP contribution in [0.15, 0.2) is 66.1 Å². The van der Waals surface area contributed by atoms with Gasteiger partial charge in [0.15, 0.2) is 5.16 Å². The predicted octanol–water partition coefficient (Wildman–Crippen LogP) is 3.71. The van der Waals surface area contributed by atoms with E-state index in [0.29, 0.717) is 11.7 Å². The molecule has 1 amide bonds. The van der Waals surface area contributed by atoms with E-state index >= 15 is 0 Å². The number of aromatic nitrogens is 3. The molecule has 5 nitrogen and oxygen atoms in total. The average Bonchev–Trinajstić information content (AvgIpc) is 3.10. The van der Waals surface area contributed by atoms with Crippen LogP contribution in [0.1, 0.15) is 18.1 Å². The fourth-order valence-electron chi connectivity index (χ4n) is 2.76. The summed E-state index contributed by atoms with van der Waals surface area (Å²) in [6.07, 6.45) is 1.69. The van der Waals surface area contributed by atoms with Gasteiger partial charge in [-0.05, 0) is 31.0 Å². The van der Waals surface area contributed by atoms with Gasteiger partial charge in [-0.15, -0.1) is 10.2 Å². The van der Waals surface area contributed by atoms with E-state index in [2.05, 4.69) is 10.2 Å². The molecule has 0 bridgehead atoms. The quantitative estimate of drug-likeness (QED) is 0.624. The van der Waals surface area contributed by atoms with Gasteiger partial charge in [-0.2, -0.15) is 0 Å². The normalized spacial score (nSPS) is 12.0. The third-order valence-corrected chi connectivity index (χ3v) is 5.20. The van der Waals surface area contributed by atoms with Crippen molar-refractivity contribution in [2.45, 2.75) is 30.8 Å². The van der Waals surface area contributed by atoms with Gasteiger partial charge in [0, 0.05) is 13.6 Å². The minimum atomic E-state index is -0.254. The lowest BCUT2D eigenvalue weighted by Gasteiger charge is -2.21. The van der Waals surface area contributed by atoms with E-state index in [4.69, 9.17) is 0 Å². The van der Waals surface area contributed by atoms with Crippen LogP contribution in [0.3, 0.4) is 0 Å². The molecule has 134 valence electrons. The molecule has 1 aromatic heterocycles. The van der Waals surface area contributed by atoms with Crippen molar-refractivity contribution in [1.29, 1.82) is 0 Å². The predicted molar refractivity (Wildman–Crippen MR) is 104 cm³/mol. The Hall–Kier alpha value is -2.60. The number of carbonyl (C=O) groups excluding carboxylic acids is 1. The maximum absolute atomic E-state index is 12.7. The van der Waals surface area contributed by atoms with E-state index < -0.39 is 0 Å². The molecular weight excluding hydrogens is 344 g/mol. The first-order valence-corrected chi connectivity index (χ1v) is 9.36. The number of hydrogen-bond acceptors (Lipinski definition) is 4. The Morgan fingerprint density at radius 2 is 1.85 bits per heavy atom. The number of amides is 1. The van der Waals surface area contributed by atoms with Crippen LogP contribution in [-0.4, -0.2) is 37.9 Å². The van der Waals surface area contributed by atoms with E-state index in [0.717, 1.165) is 16.8 Å². The zero-order valence-electron chi connectivity index (χ0n) is 15.2. The fraction of sp³-hybridized carbons (Fsp3) is 0.250. The van der Waals surface area contributed by atoms with Gasteiger partial charge in [-0.25, -0.2) is 0 Å². The van der Waals surface area contributed by atoms with Crippen molar-refractivity contribution in [3.8, 4) is 5.69 Å². The van der Waals surface area contributed by atoms with Crippen molar-refractivity contribution in [2.24, 2.45) is 0 Å². The molecule has 0 aliphatic heterocycles. The summed E-state index contributed by atoms with van der Waals surface area (Å²) in [7, 11) is 1.83. The molecule has 2 aromatic carbocycles. The second-order valence-corrected chi connectivity index (χ2v) is 7.52. The van der Waals surface area contributed by atoms with Crippen LogP contribution in [0, 0.1) is 6.92 Å². The van der Waals surface area contributed by atoms with Gasteiger partial charge < -0.3 is 4.90 Å². The summed E-state index contributed by atoms with van der Waals surface area (Å²) in [5.74, 6) is 0.0678. The lowest BCUT2D eigenvalue weighted by atomic mass is 10.2. The summed E-state index contributed by atoms with van der Waals surface area (Å²) in [5.41, 5.74) is 3.27. The van der Waals surface area contributed by atoms with Crippen LogP contribution >= 0.6 is 11.8 Å². The van der Waals surface area contributed by atoms with E-state index in [1.807, 2.05) is 80.1 Å². The third kappa shape index (κ3) is 4.14. The molecular formula is C20H22N4OS. The first-order valence-electron chi connectivity index (χ1n) is 8.48. The number of thioether (sulfide) groups is 1. The third-order valence-electron chi connectivity index (χ3n) is 4.16. The molecule has 26 heavy (non-hydrogen) atoms. The number of carbonyl (C=O) groups is 1. The van der Waals surface area contributed by atoms with E-state index in [1.54, 1.807) is 11.2 Å². The Balaban J connectivity index is 1.70. The number of nitrogens with zero attached hydrogens (tertiary/aromatic N) is 4. The fourth-order valence-corrected chi connectivity index (χ4v) is 3.71. The highest BCUT2D eigenvalue weighted by Crippen LogP contribution is 2.26. The van der Waals surface area contributed by atoms with Gasteiger partial charge in [0.25, 0.3) is 0 Å². The van der Waals surface area contributed by atoms with Crippen molar-refractivity contribution in [1.82, 2.24) is 19.7 Å². The Morgan fingerprint density at radius 1 is 1.15 bits per heavy atom. The number of aryl methyl sites for hydroxylation is 1. The highest BCUT2D eigenvalue weighted by Gasteiger charge is 2.22. The van der Waals surface area contributed by atoms with E-state index in [1.165, 1.54) is 11.8 Å². The molecule has 6 heteroatoms.